The van der Waals surface area contributed by atoms with Crippen molar-refractivity contribution in [2.45, 2.75) is 0 Å². The van der Waals surface area contributed by atoms with E-state index in [1.165, 1.54) is 0 Å². The van der Waals surface area contributed by atoms with Gasteiger partial charge in [-0.2, -0.15) is 4.21 Å². The van der Waals surface area contributed by atoms with Gasteiger partial charge in [0.1, 0.15) is 0 Å². The summed E-state index contributed by atoms with van der Waals surface area (Å²) in [4.78, 5) is 19.0. The normalized spacial score (nSPS) is 9.70. The first-order valence-electron chi connectivity index (χ1n) is 1.45. The van der Waals surface area contributed by atoms with Crippen LogP contribution in [0.4, 0.5) is 0 Å². The zero-order chi connectivity index (χ0) is 6.57. The molecule has 0 aliphatic rings. The zero-order valence-electron chi connectivity index (χ0n) is 3.57. The first-order chi connectivity index (χ1) is 3.66. The van der Waals surface area contributed by atoms with Crippen LogP contribution in [0.3, 0.4) is 0 Å². The summed E-state index contributed by atoms with van der Waals surface area (Å²) >= 11 is -2.68. The average molecular weight is 186 g/mol. The SMILES string of the molecule is O=CC(=O)OS(=O)O.[NaH].[NaH]. The summed E-state index contributed by atoms with van der Waals surface area (Å²) in [7, 11) is 0. The van der Waals surface area contributed by atoms with Gasteiger partial charge in [0, 0.05) is 0 Å². The Morgan fingerprint density at radius 1 is 1.50 bits per heavy atom. The molecule has 1 N–H and O–H groups in total. The Hall–Kier alpha value is 1.25. The summed E-state index contributed by atoms with van der Waals surface area (Å²) < 4.78 is 20.6. The minimum absolute atomic E-state index is 0. The summed E-state index contributed by atoms with van der Waals surface area (Å²) in [5.74, 6) is -1.36. The van der Waals surface area contributed by atoms with Crippen molar-refractivity contribution in [3.05, 3.63) is 0 Å². The van der Waals surface area contributed by atoms with Gasteiger partial charge in [-0.25, -0.2) is 4.79 Å². The van der Waals surface area contributed by atoms with E-state index in [1.54, 1.807) is 0 Å². The monoisotopic (exact) mass is 186 g/mol. The van der Waals surface area contributed by atoms with Crippen molar-refractivity contribution in [2.24, 2.45) is 0 Å². The Labute approximate surface area is 104 Å². The molecule has 50 valence electrons. The molecule has 8 heteroatoms. The number of aldehydes is 1. The van der Waals surface area contributed by atoms with Crippen LogP contribution < -0.4 is 0 Å². The summed E-state index contributed by atoms with van der Waals surface area (Å²) in [6, 6.07) is 0. The van der Waals surface area contributed by atoms with E-state index in [0.29, 0.717) is 0 Å². The molecule has 0 aromatic rings. The molecule has 0 spiro atoms. The van der Waals surface area contributed by atoms with Crippen LogP contribution in [0.15, 0.2) is 0 Å². The van der Waals surface area contributed by atoms with E-state index in [1.807, 2.05) is 0 Å². The second-order valence-electron chi connectivity index (χ2n) is 0.737. The van der Waals surface area contributed by atoms with E-state index in [2.05, 4.69) is 4.18 Å². The molecule has 0 aliphatic heterocycles. The Morgan fingerprint density at radius 2 is 1.90 bits per heavy atom. The van der Waals surface area contributed by atoms with E-state index in [-0.39, 0.29) is 65.4 Å². The molecule has 10 heavy (non-hydrogen) atoms. The fraction of sp³-hybridized carbons (Fsp3) is 0. The van der Waals surface area contributed by atoms with Crippen LogP contribution in [0.25, 0.3) is 0 Å². The third kappa shape index (κ3) is 12.0. The van der Waals surface area contributed by atoms with Gasteiger partial charge in [-0.05, 0) is 0 Å². The molecule has 0 aliphatic carbocycles. The molecule has 0 fully saturated rings. The van der Waals surface area contributed by atoms with E-state index in [4.69, 9.17) is 4.55 Å². The summed E-state index contributed by atoms with van der Waals surface area (Å²) in [5.41, 5.74) is 0. The van der Waals surface area contributed by atoms with E-state index >= 15 is 0 Å². The van der Waals surface area contributed by atoms with Crippen molar-refractivity contribution in [1.82, 2.24) is 0 Å². The fourth-order valence-corrected chi connectivity index (χ4v) is 0.270. The summed E-state index contributed by atoms with van der Waals surface area (Å²) in [5, 5.41) is 0. The van der Waals surface area contributed by atoms with Crippen LogP contribution in [0.2, 0.25) is 0 Å². The van der Waals surface area contributed by atoms with E-state index < -0.39 is 17.3 Å². The second-order valence-corrected chi connectivity index (χ2v) is 1.34. The molecule has 0 heterocycles. The van der Waals surface area contributed by atoms with Crippen LogP contribution in [0.1, 0.15) is 0 Å². The Balaban J connectivity index is -0.000000245. The van der Waals surface area contributed by atoms with Gasteiger partial charge in [0.2, 0.25) is 6.29 Å². The standard InChI is InChI=1S/C2H2O5S.2Na.2H/c3-1-2(4)7-8(5)6;;;;/h1H,(H,5,6);;;;. The molecular formula is C2H4Na2O5S. The minimum atomic E-state index is -2.68. The van der Waals surface area contributed by atoms with Gasteiger partial charge < -0.3 is 4.18 Å². The first kappa shape index (κ1) is 17.4. The number of hydrogen-bond donors (Lipinski definition) is 1. The number of hydrogen-bond acceptors (Lipinski definition) is 4. The predicted octanol–water partition coefficient (Wildman–Crippen LogP) is -2.43. The maximum absolute atomic E-state index is 9.68. The van der Waals surface area contributed by atoms with Crippen LogP contribution >= 0.6 is 0 Å². The first-order valence-corrected chi connectivity index (χ1v) is 2.48. The van der Waals surface area contributed by atoms with Gasteiger partial charge in [-0.3, -0.25) is 9.35 Å². The molecule has 0 amide bonds. The molecule has 0 rings (SSSR count). The second kappa shape index (κ2) is 10.2. The zero-order valence-corrected chi connectivity index (χ0v) is 4.38. The molecule has 1 atom stereocenters. The van der Waals surface area contributed by atoms with Gasteiger partial charge >= 0.3 is 76.4 Å². The van der Waals surface area contributed by atoms with Crippen LogP contribution in [-0.4, -0.2) is 80.1 Å². The topological polar surface area (TPSA) is 80.7 Å². The molecule has 1 unspecified atom stereocenters. The molecule has 0 aromatic heterocycles. The molecule has 0 radical (unpaired) electrons. The Bertz CT molecular complexity index is 136. The fourth-order valence-electron chi connectivity index (χ4n) is 0.0899. The van der Waals surface area contributed by atoms with Gasteiger partial charge in [-0.1, -0.05) is 0 Å². The summed E-state index contributed by atoms with van der Waals surface area (Å²) in [6.45, 7) is 0. The van der Waals surface area contributed by atoms with Crippen molar-refractivity contribution in [1.29, 1.82) is 0 Å². The van der Waals surface area contributed by atoms with Crippen molar-refractivity contribution >= 4 is 82.7 Å². The predicted molar refractivity (Wildman–Crippen MR) is 37.2 cm³/mol. The average Bonchev–Trinajstić information content (AvgIpc) is 1.65. The third-order valence-corrected chi connectivity index (χ3v) is 0.556. The van der Waals surface area contributed by atoms with E-state index in [0.717, 1.165) is 0 Å². The number of carbonyl (C=O) groups excluding carboxylic acids is 2. The maximum atomic E-state index is 9.68. The van der Waals surface area contributed by atoms with Crippen molar-refractivity contribution in [2.75, 3.05) is 0 Å². The van der Waals surface area contributed by atoms with Gasteiger partial charge in [0.15, 0.2) is 0 Å². The molecule has 5 nitrogen and oxygen atoms in total. The van der Waals surface area contributed by atoms with Gasteiger partial charge in [0.25, 0.3) is 0 Å². The third-order valence-electron chi connectivity index (χ3n) is 0.250. The van der Waals surface area contributed by atoms with Crippen LogP contribution in [0.5, 0.6) is 0 Å². The summed E-state index contributed by atoms with van der Waals surface area (Å²) in [6.07, 6.45) is -0.200. The van der Waals surface area contributed by atoms with Crippen molar-refractivity contribution < 1.29 is 22.5 Å². The molecule has 0 saturated heterocycles. The van der Waals surface area contributed by atoms with Crippen LogP contribution in [0, 0.1) is 0 Å². The van der Waals surface area contributed by atoms with Crippen molar-refractivity contribution in [3.8, 4) is 0 Å². The number of carbonyl (C=O) groups is 2. The Morgan fingerprint density at radius 3 is 2.00 bits per heavy atom. The van der Waals surface area contributed by atoms with Gasteiger partial charge in [-0.15, -0.1) is 0 Å². The molecule has 0 bridgehead atoms. The van der Waals surface area contributed by atoms with Crippen LogP contribution in [-0.2, 0) is 25.1 Å². The quantitative estimate of drug-likeness (QED) is 0.224. The van der Waals surface area contributed by atoms with Crippen molar-refractivity contribution in [3.63, 3.8) is 0 Å². The van der Waals surface area contributed by atoms with E-state index in [9.17, 15) is 13.8 Å². The molecular weight excluding hydrogens is 182 g/mol. The van der Waals surface area contributed by atoms with Gasteiger partial charge in [0.05, 0.1) is 0 Å². The molecule has 0 saturated carbocycles. The number of rotatable bonds is 2. The Kier molecular flexibility index (Phi) is 17.8. The molecule has 0 aromatic carbocycles.